The molecule has 0 saturated heterocycles. The maximum atomic E-state index is 13.4. The van der Waals surface area contributed by atoms with Crippen molar-refractivity contribution >= 4 is 34.0 Å². The van der Waals surface area contributed by atoms with Gasteiger partial charge in [-0.05, 0) is 42.6 Å². The topological polar surface area (TPSA) is 83.0 Å². The van der Waals surface area contributed by atoms with Gasteiger partial charge in [-0.15, -0.1) is 21.5 Å². The Morgan fingerprint density at radius 2 is 1.97 bits per heavy atom. The summed E-state index contributed by atoms with van der Waals surface area (Å²) in [7, 11) is 1.60. The molecule has 160 valence electrons. The van der Waals surface area contributed by atoms with Crippen molar-refractivity contribution in [2.45, 2.75) is 17.3 Å². The Balaban J connectivity index is 1.59. The Bertz CT molecular complexity index is 1440. The minimum atomic E-state index is -0.221. The summed E-state index contributed by atoms with van der Waals surface area (Å²) in [4.78, 5) is 19.1. The summed E-state index contributed by atoms with van der Waals surface area (Å²) in [5, 5.41) is 11.2. The molecule has 0 N–H and O–H groups in total. The first-order valence-electron chi connectivity index (χ1n) is 9.84. The van der Waals surface area contributed by atoms with Gasteiger partial charge in [0.2, 0.25) is 5.89 Å². The van der Waals surface area contributed by atoms with E-state index in [1.807, 2.05) is 66.9 Å². The number of aromatic nitrogens is 4. The van der Waals surface area contributed by atoms with Crippen LogP contribution in [0.4, 0.5) is 0 Å². The van der Waals surface area contributed by atoms with Crippen LogP contribution in [0.15, 0.2) is 80.4 Å². The Morgan fingerprint density at radius 1 is 1.09 bits per heavy atom. The highest BCUT2D eigenvalue weighted by Gasteiger charge is 2.21. The lowest BCUT2D eigenvalue weighted by molar-refractivity contribution is 0.414. The Hall–Kier alpha value is -3.43. The van der Waals surface area contributed by atoms with E-state index in [1.165, 1.54) is 23.1 Å². The number of hydrogen-bond acceptors (Lipinski definition) is 8. The van der Waals surface area contributed by atoms with Crippen LogP contribution < -0.4 is 10.3 Å². The van der Waals surface area contributed by atoms with Crippen LogP contribution in [-0.2, 0) is 0 Å². The first-order valence-corrected chi connectivity index (χ1v) is 11.6. The predicted molar refractivity (Wildman–Crippen MR) is 126 cm³/mol. The van der Waals surface area contributed by atoms with Crippen molar-refractivity contribution < 1.29 is 9.15 Å². The quantitative estimate of drug-likeness (QED) is 0.248. The van der Waals surface area contributed by atoms with Crippen molar-refractivity contribution in [1.82, 2.24) is 19.7 Å². The summed E-state index contributed by atoms with van der Waals surface area (Å²) in [5.74, 6) is 1.61. The van der Waals surface area contributed by atoms with E-state index >= 15 is 0 Å². The first kappa shape index (κ1) is 20.5. The van der Waals surface area contributed by atoms with Gasteiger partial charge in [0.25, 0.3) is 11.4 Å². The zero-order chi connectivity index (χ0) is 22.1. The molecule has 7 nitrogen and oxygen atoms in total. The molecule has 0 radical (unpaired) electrons. The molecule has 0 saturated carbocycles. The highest BCUT2D eigenvalue weighted by molar-refractivity contribution is 7.99. The number of benzene rings is 2. The fourth-order valence-electron chi connectivity index (χ4n) is 3.28. The van der Waals surface area contributed by atoms with Crippen LogP contribution in [0, 0.1) is 0 Å². The van der Waals surface area contributed by atoms with E-state index in [4.69, 9.17) is 14.1 Å². The third-order valence-corrected chi connectivity index (χ3v) is 6.76. The molecule has 0 bridgehead atoms. The van der Waals surface area contributed by atoms with Gasteiger partial charge >= 0.3 is 0 Å². The summed E-state index contributed by atoms with van der Waals surface area (Å²) in [5.41, 5.74) is 1.16. The molecule has 9 heteroatoms. The predicted octanol–water partition coefficient (Wildman–Crippen LogP) is 5.36. The molecule has 0 aliphatic rings. The van der Waals surface area contributed by atoms with E-state index in [0.717, 1.165) is 4.88 Å². The van der Waals surface area contributed by atoms with E-state index in [9.17, 15) is 4.79 Å². The van der Waals surface area contributed by atoms with Gasteiger partial charge in [0.1, 0.15) is 5.75 Å². The number of para-hydroxylation sites is 1. The van der Waals surface area contributed by atoms with Crippen molar-refractivity contribution in [2.24, 2.45) is 0 Å². The largest absolute Gasteiger partial charge is 0.497 e. The minimum absolute atomic E-state index is 0.150. The van der Waals surface area contributed by atoms with E-state index in [0.29, 0.717) is 39.3 Å². The molecule has 0 fully saturated rings. The minimum Gasteiger partial charge on any atom is -0.497 e. The summed E-state index contributed by atoms with van der Waals surface area (Å²) in [6.07, 6.45) is 0. The number of hydrogen-bond donors (Lipinski definition) is 0. The van der Waals surface area contributed by atoms with Gasteiger partial charge in [0.15, 0.2) is 5.16 Å². The number of nitrogens with zero attached hydrogens (tertiary/aromatic N) is 4. The molecule has 0 aliphatic carbocycles. The van der Waals surface area contributed by atoms with Crippen molar-refractivity contribution in [2.75, 3.05) is 7.11 Å². The molecule has 5 aromatic rings. The maximum absolute atomic E-state index is 13.4. The van der Waals surface area contributed by atoms with Crippen LogP contribution in [-0.4, -0.2) is 26.9 Å². The van der Waals surface area contributed by atoms with Crippen molar-refractivity contribution in [1.29, 1.82) is 0 Å². The van der Waals surface area contributed by atoms with Crippen molar-refractivity contribution in [3.05, 3.63) is 82.3 Å². The number of fused-ring (bicyclic) bond motifs is 1. The molecule has 5 rings (SSSR count). The average molecular weight is 463 g/mol. The van der Waals surface area contributed by atoms with E-state index < -0.39 is 0 Å². The molecule has 1 unspecified atom stereocenters. The second kappa shape index (κ2) is 8.60. The molecular weight excluding hydrogens is 444 g/mol. The third-order valence-electron chi connectivity index (χ3n) is 4.86. The van der Waals surface area contributed by atoms with Crippen LogP contribution in [0.1, 0.15) is 18.1 Å². The normalized spacial score (nSPS) is 12.2. The zero-order valence-corrected chi connectivity index (χ0v) is 18.9. The van der Waals surface area contributed by atoms with E-state index in [-0.39, 0.29) is 10.8 Å². The third kappa shape index (κ3) is 3.80. The lowest BCUT2D eigenvalue weighted by Gasteiger charge is -2.15. The lowest BCUT2D eigenvalue weighted by atomic mass is 10.2. The van der Waals surface area contributed by atoms with Crippen molar-refractivity contribution in [3.63, 3.8) is 0 Å². The summed E-state index contributed by atoms with van der Waals surface area (Å²) < 4.78 is 12.9. The second-order valence-electron chi connectivity index (χ2n) is 6.94. The van der Waals surface area contributed by atoms with Gasteiger partial charge in [-0.1, -0.05) is 36.0 Å². The SMILES string of the molecule is COc1cccc(-n2c(SC(C)c3nnc(-c4cccs4)o3)nc3ccccc3c2=O)c1. The molecule has 3 heterocycles. The summed E-state index contributed by atoms with van der Waals surface area (Å²) in [6.45, 7) is 1.95. The fourth-order valence-corrected chi connectivity index (χ4v) is 4.88. The van der Waals surface area contributed by atoms with Crippen LogP contribution in [0.25, 0.3) is 27.4 Å². The van der Waals surface area contributed by atoms with Crippen LogP contribution in [0.3, 0.4) is 0 Å². The van der Waals surface area contributed by atoms with Gasteiger partial charge in [-0.3, -0.25) is 9.36 Å². The van der Waals surface area contributed by atoms with Gasteiger partial charge in [0, 0.05) is 6.07 Å². The smallest absolute Gasteiger partial charge is 0.266 e. The van der Waals surface area contributed by atoms with E-state index in [1.54, 1.807) is 17.7 Å². The Labute approximate surface area is 191 Å². The summed E-state index contributed by atoms with van der Waals surface area (Å²) >= 11 is 2.93. The number of rotatable bonds is 6. The Kier molecular flexibility index (Phi) is 5.50. The van der Waals surface area contributed by atoms with Crippen LogP contribution >= 0.6 is 23.1 Å². The van der Waals surface area contributed by atoms with Gasteiger partial charge in [-0.25, -0.2) is 4.98 Å². The fraction of sp³-hybridized carbons (Fsp3) is 0.130. The summed E-state index contributed by atoms with van der Waals surface area (Å²) in [6, 6.07) is 18.6. The lowest BCUT2D eigenvalue weighted by Crippen LogP contribution is -2.22. The monoisotopic (exact) mass is 462 g/mol. The number of ether oxygens (including phenoxy) is 1. The number of thioether (sulfide) groups is 1. The molecule has 1 atom stereocenters. The molecule has 0 spiro atoms. The standard InChI is InChI=1S/C23H18N4O3S2/c1-14(20-25-26-21(30-20)19-11-6-12-31-19)32-23-24-18-10-4-3-9-17(18)22(28)27(23)15-7-5-8-16(13-15)29-2/h3-14H,1-2H3. The van der Waals surface area contributed by atoms with Gasteiger partial charge in [0.05, 0.1) is 33.8 Å². The maximum Gasteiger partial charge on any atom is 0.266 e. The van der Waals surface area contributed by atoms with Crippen LogP contribution in [0.5, 0.6) is 5.75 Å². The first-order chi connectivity index (χ1) is 15.6. The molecule has 32 heavy (non-hydrogen) atoms. The molecule has 0 amide bonds. The molecular formula is C23H18N4O3S2. The average Bonchev–Trinajstić information content (AvgIpc) is 3.51. The van der Waals surface area contributed by atoms with Crippen molar-refractivity contribution in [3.8, 4) is 22.2 Å². The van der Waals surface area contributed by atoms with E-state index in [2.05, 4.69) is 10.2 Å². The van der Waals surface area contributed by atoms with Gasteiger partial charge < -0.3 is 9.15 Å². The zero-order valence-electron chi connectivity index (χ0n) is 17.3. The number of thiophene rings is 1. The highest BCUT2D eigenvalue weighted by Crippen LogP contribution is 2.36. The van der Waals surface area contributed by atoms with Gasteiger partial charge in [-0.2, -0.15) is 0 Å². The number of methoxy groups -OCH3 is 1. The highest BCUT2D eigenvalue weighted by atomic mass is 32.2. The molecule has 3 aromatic heterocycles. The second-order valence-corrected chi connectivity index (χ2v) is 9.19. The Morgan fingerprint density at radius 3 is 2.78 bits per heavy atom. The molecule has 2 aromatic carbocycles. The molecule has 0 aliphatic heterocycles. The van der Waals surface area contributed by atoms with Crippen LogP contribution in [0.2, 0.25) is 0 Å².